The predicted octanol–water partition coefficient (Wildman–Crippen LogP) is 8.93. The van der Waals surface area contributed by atoms with Gasteiger partial charge in [0.2, 0.25) is 5.91 Å². The number of benzene rings is 4. The predicted molar refractivity (Wildman–Crippen MR) is 225 cm³/mol. The number of amides is 1. The molecule has 0 fully saturated rings. The molecule has 2 heterocycles. The first-order valence-corrected chi connectivity index (χ1v) is 24.2. The maximum Gasteiger partial charge on any atom is 0.221 e. The van der Waals surface area contributed by atoms with Crippen LogP contribution in [0.4, 0.5) is 5.69 Å². The first-order chi connectivity index (χ1) is 25.2. The number of carbonyl (C=O) groups excluding carboxylic acids is 3. The van der Waals surface area contributed by atoms with Gasteiger partial charge in [-0.3, -0.25) is 14.4 Å². The van der Waals surface area contributed by atoms with Crippen LogP contribution in [0.1, 0.15) is 45.9 Å². The van der Waals surface area contributed by atoms with E-state index in [-0.39, 0.29) is 17.5 Å². The summed E-state index contributed by atoms with van der Waals surface area (Å²) in [5.74, 6) is 0.0741. The van der Waals surface area contributed by atoms with E-state index >= 15 is 0 Å². The lowest BCUT2D eigenvalue weighted by Crippen LogP contribution is -2.49. The van der Waals surface area contributed by atoms with Crippen molar-refractivity contribution in [2.45, 2.75) is 53.9 Å². The van der Waals surface area contributed by atoms with E-state index in [0.29, 0.717) is 0 Å². The summed E-state index contributed by atoms with van der Waals surface area (Å²) in [6.07, 6.45) is 11.1. The summed E-state index contributed by atoms with van der Waals surface area (Å²) in [6, 6.07) is 29.9. The second-order valence-electron chi connectivity index (χ2n) is 15.5. The summed E-state index contributed by atoms with van der Waals surface area (Å²) in [6.45, 7) is 17.2. The fraction of sp³-hybridized carbons (Fsp3) is 0.170. The average Bonchev–Trinajstić information content (AvgIpc) is 3.11. The maximum absolute atomic E-state index is 12.2. The minimum Gasteiger partial charge on any atom is -0.326 e. The Labute approximate surface area is 315 Å². The van der Waals surface area contributed by atoms with Gasteiger partial charge < -0.3 is 5.32 Å². The lowest BCUT2D eigenvalue weighted by Gasteiger charge is -2.38. The van der Waals surface area contributed by atoms with Crippen LogP contribution >= 0.6 is 0 Å². The van der Waals surface area contributed by atoms with E-state index in [9.17, 15) is 14.4 Å². The van der Waals surface area contributed by atoms with Gasteiger partial charge in [0, 0.05) is 12.6 Å². The lowest BCUT2D eigenvalue weighted by atomic mass is 9.87. The number of aryl methyl sites for hydroxylation is 3. The molecule has 2 aliphatic carbocycles. The number of rotatable bonds is 3. The van der Waals surface area contributed by atoms with Gasteiger partial charge in [-0.05, 0) is 134 Å². The van der Waals surface area contributed by atoms with Crippen molar-refractivity contribution in [3.8, 4) is 0 Å². The van der Waals surface area contributed by atoms with E-state index in [1.54, 1.807) is 12.2 Å². The first-order valence-electron chi connectivity index (χ1n) is 18.2. The summed E-state index contributed by atoms with van der Waals surface area (Å²) in [4.78, 5) is 35.9. The highest BCUT2D eigenvalue weighted by Gasteiger charge is 2.41. The molecule has 4 aromatic rings. The topological polar surface area (TPSA) is 63.2 Å². The molecule has 4 aromatic carbocycles. The van der Waals surface area contributed by atoms with Crippen LogP contribution in [0.5, 0.6) is 0 Å². The van der Waals surface area contributed by atoms with Gasteiger partial charge in [-0.2, -0.15) is 0 Å². The normalized spacial score (nSPS) is 17.4. The standard InChI is InChI=1S/C24H23NO2Si.C23H22OSi/c1-15-7-5-6-8-19(15)24-20-11-9-17(25-16(2)26)13-22(20)28(3,4)23-14-18(27)10-12-21(23)24;1-15-9-11-19-21(13-15)25(3,4)22-14-17(24)10-12-20(22)23(19)18-8-6-5-7-16(18)2/h5-14H,1-4H3,(H,25,26);5-14H,1-4H3. The summed E-state index contributed by atoms with van der Waals surface area (Å²) in [5, 5.41) is 8.00. The third-order valence-electron chi connectivity index (χ3n) is 11.1. The number of hydrogen-bond donors (Lipinski definition) is 1. The number of allylic oxidation sites excluding steroid dienone is 10. The third-order valence-corrected chi connectivity index (χ3v) is 18.1. The minimum absolute atomic E-state index is 0.0462. The van der Waals surface area contributed by atoms with Gasteiger partial charge in [-0.15, -0.1) is 0 Å². The fourth-order valence-corrected chi connectivity index (χ4v) is 14.6. The van der Waals surface area contributed by atoms with Crippen molar-refractivity contribution in [3.63, 3.8) is 0 Å². The molecule has 1 amide bonds. The molecule has 8 rings (SSSR count). The van der Waals surface area contributed by atoms with Crippen molar-refractivity contribution < 1.29 is 14.4 Å². The Bertz CT molecular complexity index is 2470. The largest absolute Gasteiger partial charge is 0.326 e. The molecule has 264 valence electrons. The lowest BCUT2D eigenvalue weighted by molar-refractivity contribution is -0.114. The molecule has 0 saturated heterocycles. The van der Waals surface area contributed by atoms with Crippen molar-refractivity contribution in [2.75, 3.05) is 5.32 Å². The van der Waals surface area contributed by atoms with Crippen molar-refractivity contribution in [1.29, 1.82) is 0 Å². The minimum atomic E-state index is -2.11. The van der Waals surface area contributed by atoms with Crippen LogP contribution in [0.2, 0.25) is 26.2 Å². The Kier molecular flexibility index (Phi) is 9.17. The van der Waals surface area contributed by atoms with Gasteiger partial charge in [-0.25, -0.2) is 0 Å². The molecular weight excluding hydrogens is 683 g/mol. The molecule has 4 aliphatic rings. The Morgan fingerprint density at radius 1 is 0.547 bits per heavy atom. The Hall–Kier alpha value is -5.44. The van der Waals surface area contributed by atoms with Crippen molar-refractivity contribution >= 4 is 60.8 Å². The molecule has 0 unspecified atom stereocenters. The van der Waals surface area contributed by atoms with Gasteiger partial charge in [0.05, 0.1) is 0 Å². The van der Waals surface area contributed by atoms with E-state index in [1.165, 1.54) is 78.2 Å². The quantitative estimate of drug-likeness (QED) is 0.215. The summed E-state index contributed by atoms with van der Waals surface area (Å²) in [7, 11) is -4.02. The molecule has 2 aliphatic heterocycles. The number of ketones is 2. The van der Waals surface area contributed by atoms with Crippen molar-refractivity contribution in [3.05, 3.63) is 182 Å². The summed E-state index contributed by atoms with van der Waals surface area (Å²) >= 11 is 0. The van der Waals surface area contributed by atoms with Gasteiger partial charge in [0.25, 0.3) is 0 Å². The molecule has 0 atom stereocenters. The number of anilines is 1. The van der Waals surface area contributed by atoms with Gasteiger partial charge >= 0.3 is 0 Å². The molecule has 6 heteroatoms. The molecule has 4 nitrogen and oxygen atoms in total. The van der Waals surface area contributed by atoms with Crippen molar-refractivity contribution in [2.24, 2.45) is 0 Å². The smallest absolute Gasteiger partial charge is 0.221 e. The van der Waals surface area contributed by atoms with E-state index in [1.807, 2.05) is 36.4 Å². The zero-order valence-corrected chi connectivity index (χ0v) is 33.8. The van der Waals surface area contributed by atoms with Crippen LogP contribution in [0.15, 0.2) is 143 Å². The monoisotopic (exact) mass is 727 g/mol. The SMILES string of the molecule is CC(=O)Nc1ccc2c(c1)[Si](C)(C)C1=CC(=O)C=CC1=C2c1ccccc1C.Cc1ccc2c(c1)[Si](C)(C)C1=CC(=O)C=CC1=C2c1ccccc1C. The number of fused-ring (bicyclic) bond motifs is 4. The molecule has 53 heavy (non-hydrogen) atoms. The highest BCUT2D eigenvalue weighted by atomic mass is 28.3. The first kappa shape index (κ1) is 35.9. The van der Waals surface area contributed by atoms with Crippen LogP contribution in [0.25, 0.3) is 11.1 Å². The molecule has 0 bridgehead atoms. The van der Waals surface area contributed by atoms with Crippen LogP contribution in [0.3, 0.4) is 0 Å². The molecule has 0 saturated carbocycles. The van der Waals surface area contributed by atoms with Crippen LogP contribution in [0, 0.1) is 20.8 Å². The van der Waals surface area contributed by atoms with Crippen LogP contribution in [-0.2, 0) is 14.4 Å². The highest BCUT2D eigenvalue weighted by molar-refractivity contribution is 6.98. The van der Waals surface area contributed by atoms with Crippen LogP contribution in [-0.4, -0.2) is 33.6 Å². The number of hydrogen-bond acceptors (Lipinski definition) is 3. The number of nitrogens with one attached hydrogen (secondary N) is 1. The van der Waals surface area contributed by atoms with Crippen molar-refractivity contribution in [1.82, 2.24) is 0 Å². The second kappa shape index (κ2) is 13.5. The Balaban J connectivity index is 0.000000165. The highest BCUT2D eigenvalue weighted by Crippen LogP contribution is 2.43. The fourth-order valence-electron chi connectivity index (χ4n) is 8.34. The molecular formula is C47H45NO3Si2. The molecule has 0 radical (unpaired) electrons. The molecule has 1 N–H and O–H groups in total. The Morgan fingerprint density at radius 3 is 1.47 bits per heavy atom. The van der Waals surface area contributed by atoms with E-state index in [4.69, 9.17) is 0 Å². The summed E-state index contributed by atoms with van der Waals surface area (Å²) < 4.78 is 0. The summed E-state index contributed by atoms with van der Waals surface area (Å²) in [5.41, 5.74) is 14.4. The van der Waals surface area contributed by atoms with E-state index < -0.39 is 16.1 Å². The molecule has 0 spiro atoms. The number of carbonyl (C=O) groups is 3. The zero-order chi connectivity index (χ0) is 37.8. The average molecular weight is 728 g/mol. The maximum atomic E-state index is 12.2. The molecule has 0 aromatic heterocycles. The third kappa shape index (κ3) is 6.36. The van der Waals surface area contributed by atoms with Crippen LogP contribution < -0.4 is 15.7 Å². The van der Waals surface area contributed by atoms with Gasteiger partial charge in [-0.1, -0.05) is 117 Å². The van der Waals surface area contributed by atoms with Gasteiger partial charge in [0.1, 0.15) is 16.1 Å². The van der Waals surface area contributed by atoms with Gasteiger partial charge in [0.15, 0.2) is 11.6 Å². The zero-order valence-electron chi connectivity index (χ0n) is 31.8. The van der Waals surface area contributed by atoms with E-state index in [0.717, 1.165) is 16.5 Å². The Morgan fingerprint density at radius 2 is 1.00 bits per heavy atom. The van der Waals surface area contributed by atoms with E-state index in [2.05, 4.69) is 125 Å². The second-order valence-corrected chi connectivity index (χ2v) is 24.2.